The van der Waals surface area contributed by atoms with E-state index in [1.54, 1.807) is 12.2 Å². The van der Waals surface area contributed by atoms with Crippen LogP contribution in [0.1, 0.15) is 6.92 Å². The smallest absolute Gasteiger partial charge is 0.0594 e. The molecular formula is C8H8BrN3. The molecule has 0 fully saturated rings. The summed E-state index contributed by atoms with van der Waals surface area (Å²) in [6.07, 6.45) is 9.32. The third-order valence-electron chi connectivity index (χ3n) is 1.43. The zero-order valence-corrected chi connectivity index (χ0v) is 8.19. The lowest BCUT2D eigenvalue weighted by Gasteiger charge is -2.09. The van der Waals surface area contributed by atoms with Gasteiger partial charge in [-0.05, 0) is 12.5 Å². The first-order valence-electron chi connectivity index (χ1n) is 3.47. The summed E-state index contributed by atoms with van der Waals surface area (Å²) >= 11 is 3.48. The standard InChI is InChI=1S/C8H8BrN3/c1-8(9)5-2-3-7(4-6-8)11-12-10/h2-6H,1H3. The van der Waals surface area contributed by atoms with Gasteiger partial charge in [-0.3, -0.25) is 0 Å². The van der Waals surface area contributed by atoms with E-state index in [0.717, 1.165) is 0 Å². The van der Waals surface area contributed by atoms with E-state index in [2.05, 4.69) is 26.0 Å². The van der Waals surface area contributed by atoms with Gasteiger partial charge in [-0.2, -0.15) is 0 Å². The zero-order chi connectivity index (χ0) is 9.03. The fraction of sp³-hybridized carbons (Fsp3) is 0.250. The van der Waals surface area contributed by atoms with Crippen LogP contribution in [0, 0.1) is 0 Å². The van der Waals surface area contributed by atoms with Crippen molar-refractivity contribution in [3.05, 3.63) is 46.5 Å². The average molecular weight is 226 g/mol. The highest BCUT2D eigenvalue weighted by Crippen LogP contribution is 2.23. The van der Waals surface area contributed by atoms with Gasteiger partial charge >= 0.3 is 0 Å². The van der Waals surface area contributed by atoms with Gasteiger partial charge in [-0.1, -0.05) is 51.4 Å². The molecule has 0 aromatic heterocycles. The Morgan fingerprint density at radius 3 is 3.00 bits per heavy atom. The summed E-state index contributed by atoms with van der Waals surface area (Å²) in [7, 11) is 0. The number of nitrogens with zero attached hydrogens (tertiary/aromatic N) is 3. The zero-order valence-electron chi connectivity index (χ0n) is 6.61. The number of azide groups is 1. The fourth-order valence-corrected chi connectivity index (χ4v) is 1.10. The first-order chi connectivity index (χ1) is 5.64. The third kappa shape index (κ3) is 2.57. The topological polar surface area (TPSA) is 48.8 Å². The molecule has 3 nitrogen and oxygen atoms in total. The van der Waals surface area contributed by atoms with Crippen LogP contribution in [0.15, 0.2) is 41.2 Å². The number of hydrogen-bond donors (Lipinski definition) is 0. The van der Waals surface area contributed by atoms with Crippen LogP contribution in [0.25, 0.3) is 10.4 Å². The van der Waals surface area contributed by atoms with Crippen molar-refractivity contribution in [3.8, 4) is 0 Å². The molecule has 1 atom stereocenters. The van der Waals surface area contributed by atoms with Crippen LogP contribution in [-0.2, 0) is 0 Å². The van der Waals surface area contributed by atoms with E-state index < -0.39 is 0 Å². The fourth-order valence-electron chi connectivity index (χ4n) is 0.813. The van der Waals surface area contributed by atoms with E-state index in [-0.39, 0.29) is 4.32 Å². The maximum absolute atomic E-state index is 8.19. The normalized spacial score (nSPS) is 27.3. The van der Waals surface area contributed by atoms with Gasteiger partial charge in [0.25, 0.3) is 0 Å². The number of hydrogen-bond acceptors (Lipinski definition) is 1. The number of halogens is 1. The molecule has 0 heterocycles. The minimum atomic E-state index is -0.143. The molecular weight excluding hydrogens is 218 g/mol. The maximum atomic E-state index is 8.19. The summed E-state index contributed by atoms with van der Waals surface area (Å²) in [5, 5.41) is 3.49. The summed E-state index contributed by atoms with van der Waals surface area (Å²) in [5.41, 5.74) is 8.81. The van der Waals surface area contributed by atoms with Crippen molar-refractivity contribution in [2.75, 3.05) is 0 Å². The molecule has 0 aliphatic heterocycles. The lowest BCUT2D eigenvalue weighted by atomic mass is 10.1. The van der Waals surface area contributed by atoms with Gasteiger partial charge in [0.2, 0.25) is 0 Å². The van der Waals surface area contributed by atoms with Gasteiger partial charge in [0.15, 0.2) is 0 Å². The third-order valence-corrected chi connectivity index (χ3v) is 1.96. The van der Waals surface area contributed by atoms with Crippen molar-refractivity contribution in [2.45, 2.75) is 11.2 Å². The van der Waals surface area contributed by atoms with Crippen LogP contribution in [0.4, 0.5) is 0 Å². The molecule has 1 rings (SSSR count). The molecule has 1 aliphatic rings. The summed E-state index contributed by atoms with van der Waals surface area (Å²) in [5.74, 6) is 0. The number of allylic oxidation sites excluding steroid dienone is 5. The molecule has 0 amide bonds. The largest absolute Gasteiger partial charge is 0.0765 e. The molecule has 1 unspecified atom stereocenters. The van der Waals surface area contributed by atoms with Crippen LogP contribution < -0.4 is 0 Å². The molecule has 0 saturated carbocycles. The second-order valence-corrected chi connectivity index (χ2v) is 4.33. The second kappa shape index (κ2) is 3.61. The van der Waals surface area contributed by atoms with Crippen molar-refractivity contribution in [1.29, 1.82) is 0 Å². The van der Waals surface area contributed by atoms with Crippen LogP contribution in [0.2, 0.25) is 0 Å². The highest BCUT2D eigenvalue weighted by Gasteiger charge is 2.11. The lowest BCUT2D eigenvalue weighted by Crippen LogP contribution is -2.04. The van der Waals surface area contributed by atoms with Crippen LogP contribution in [0.3, 0.4) is 0 Å². The van der Waals surface area contributed by atoms with Gasteiger partial charge in [0.1, 0.15) is 0 Å². The summed E-state index contributed by atoms with van der Waals surface area (Å²) < 4.78 is -0.143. The van der Waals surface area contributed by atoms with Crippen molar-refractivity contribution in [3.63, 3.8) is 0 Å². The van der Waals surface area contributed by atoms with E-state index in [9.17, 15) is 0 Å². The minimum Gasteiger partial charge on any atom is -0.0765 e. The predicted octanol–water partition coefficient (Wildman–Crippen LogP) is 3.46. The molecule has 1 aliphatic carbocycles. The minimum absolute atomic E-state index is 0.143. The Morgan fingerprint density at radius 2 is 2.33 bits per heavy atom. The lowest BCUT2D eigenvalue weighted by molar-refractivity contribution is 1.03. The van der Waals surface area contributed by atoms with Crippen LogP contribution in [-0.4, -0.2) is 4.32 Å². The Bertz CT molecular complexity index is 306. The van der Waals surface area contributed by atoms with Crippen molar-refractivity contribution in [1.82, 2.24) is 0 Å². The van der Waals surface area contributed by atoms with Crippen molar-refractivity contribution in [2.24, 2.45) is 5.11 Å². The Morgan fingerprint density at radius 1 is 1.58 bits per heavy atom. The summed E-state index contributed by atoms with van der Waals surface area (Å²) in [4.78, 5) is 2.71. The molecule has 0 aromatic rings. The van der Waals surface area contributed by atoms with E-state index in [4.69, 9.17) is 5.53 Å². The maximum Gasteiger partial charge on any atom is 0.0594 e. The summed E-state index contributed by atoms with van der Waals surface area (Å²) in [6.45, 7) is 2.01. The molecule has 0 radical (unpaired) electrons. The van der Waals surface area contributed by atoms with E-state index in [1.165, 1.54) is 0 Å². The molecule has 0 bridgehead atoms. The first-order valence-corrected chi connectivity index (χ1v) is 4.26. The van der Waals surface area contributed by atoms with Gasteiger partial charge in [0.05, 0.1) is 4.32 Å². The molecule has 0 saturated heterocycles. The molecule has 0 aromatic carbocycles. The number of rotatable bonds is 1. The van der Waals surface area contributed by atoms with E-state index in [1.807, 2.05) is 25.2 Å². The Kier molecular flexibility index (Phi) is 2.74. The summed E-state index contributed by atoms with van der Waals surface area (Å²) in [6, 6.07) is 0. The highest BCUT2D eigenvalue weighted by molar-refractivity contribution is 9.10. The first kappa shape index (κ1) is 9.10. The van der Waals surface area contributed by atoms with Gasteiger partial charge in [0, 0.05) is 10.6 Å². The highest BCUT2D eigenvalue weighted by atomic mass is 79.9. The monoisotopic (exact) mass is 225 g/mol. The predicted molar refractivity (Wildman–Crippen MR) is 52.8 cm³/mol. The quantitative estimate of drug-likeness (QED) is 0.284. The van der Waals surface area contributed by atoms with Crippen molar-refractivity contribution < 1.29 is 0 Å². The van der Waals surface area contributed by atoms with E-state index >= 15 is 0 Å². The Labute approximate surface area is 79.2 Å². The van der Waals surface area contributed by atoms with Gasteiger partial charge in [-0.15, -0.1) is 0 Å². The second-order valence-electron chi connectivity index (χ2n) is 2.62. The van der Waals surface area contributed by atoms with Crippen molar-refractivity contribution >= 4 is 15.9 Å². The van der Waals surface area contributed by atoms with Gasteiger partial charge in [-0.25, -0.2) is 0 Å². The average Bonchev–Trinajstić information content (AvgIpc) is 2.14. The number of alkyl halides is 1. The Hall–Kier alpha value is -0.990. The molecule has 12 heavy (non-hydrogen) atoms. The van der Waals surface area contributed by atoms with Crippen LogP contribution in [0.5, 0.6) is 0 Å². The molecule has 4 heteroatoms. The van der Waals surface area contributed by atoms with E-state index in [0.29, 0.717) is 5.70 Å². The Balaban J connectivity index is 2.93. The SMILES string of the molecule is CC1(Br)C=CC=C(N=[N+]=[N-])C=C1. The molecule has 62 valence electrons. The van der Waals surface area contributed by atoms with Gasteiger partial charge < -0.3 is 0 Å². The van der Waals surface area contributed by atoms with Crippen LogP contribution >= 0.6 is 15.9 Å². The molecule has 0 N–H and O–H groups in total. The molecule has 0 spiro atoms.